The fourth-order valence-electron chi connectivity index (χ4n) is 2.61. The summed E-state index contributed by atoms with van der Waals surface area (Å²) >= 11 is 3.99. The third kappa shape index (κ3) is 2.16. The van der Waals surface area contributed by atoms with Crippen LogP contribution in [0.25, 0.3) is 0 Å². The summed E-state index contributed by atoms with van der Waals surface area (Å²) in [6, 6.07) is 10.6. The SMILES string of the molecule is O=C1CC(C2(c3ccccc3)SCCCS2)CO1. The Labute approximate surface area is 116 Å². The van der Waals surface area contributed by atoms with Crippen LogP contribution in [0.2, 0.25) is 0 Å². The smallest absolute Gasteiger partial charge is 0.306 e. The topological polar surface area (TPSA) is 26.3 Å². The molecule has 18 heavy (non-hydrogen) atoms. The van der Waals surface area contributed by atoms with Crippen LogP contribution in [-0.4, -0.2) is 24.1 Å². The molecule has 2 saturated heterocycles. The van der Waals surface area contributed by atoms with E-state index in [2.05, 4.69) is 24.3 Å². The van der Waals surface area contributed by atoms with Crippen molar-refractivity contribution >= 4 is 29.5 Å². The second kappa shape index (κ2) is 5.17. The molecule has 2 aliphatic heterocycles. The van der Waals surface area contributed by atoms with Gasteiger partial charge in [0.05, 0.1) is 17.1 Å². The van der Waals surface area contributed by atoms with Crippen molar-refractivity contribution < 1.29 is 9.53 Å². The molecule has 0 N–H and O–H groups in total. The molecule has 4 heteroatoms. The molecular formula is C14H16O2S2. The monoisotopic (exact) mass is 280 g/mol. The van der Waals surface area contributed by atoms with Crippen molar-refractivity contribution in [2.75, 3.05) is 18.1 Å². The van der Waals surface area contributed by atoms with Crippen molar-refractivity contribution in [3.63, 3.8) is 0 Å². The van der Waals surface area contributed by atoms with Gasteiger partial charge in [-0.2, -0.15) is 0 Å². The predicted molar refractivity (Wildman–Crippen MR) is 76.7 cm³/mol. The fraction of sp³-hybridized carbons (Fsp3) is 0.500. The van der Waals surface area contributed by atoms with Gasteiger partial charge in [-0.05, 0) is 23.5 Å². The van der Waals surface area contributed by atoms with E-state index in [1.807, 2.05) is 29.6 Å². The summed E-state index contributed by atoms with van der Waals surface area (Å²) < 4.78 is 5.22. The van der Waals surface area contributed by atoms with Gasteiger partial charge in [-0.25, -0.2) is 0 Å². The molecule has 2 aliphatic rings. The molecule has 0 bridgehead atoms. The second-order valence-corrected chi connectivity index (χ2v) is 7.61. The lowest BCUT2D eigenvalue weighted by Crippen LogP contribution is -2.32. The first-order valence-corrected chi connectivity index (χ1v) is 8.27. The Morgan fingerprint density at radius 1 is 1.17 bits per heavy atom. The third-order valence-electron chi connectivity index (χ3n) is 3.49. The van der Waals surface area contributed by atoms with Gasteiger partial charge < -0.3 is 4.74 Å². The minimum atomic E-state index is -0.0397. The Balaban J connectivity index is 1.95. The highest BCUT2D eigenvalue weighted by molar-refractivity contribution is 8.18. The Hall–Kier alpha value is -0.610. The Kier molecular flexibility index (Phi) is 3.57. The molecule has 1 aromatic carbocycles. The minimum absolute atomic E-state index is 0.0195. The van der Waals surface area contributed by atoms with E-state index in [-0.39, 0.29) is 10.0 Å². The number of cyclic esters (lactones) is 1. The molecule has 1 atom stereocenters. The van der Waals surface area contributed by atoms with Crippen LogP contribution < -0.4 is 0 Å². The average molecular weight is 280 g/mol. The highest BCUT2D eigenvalue weighted by atomic mass is 32.2. The fourth-order valence-corrected chi connectivity index (χ4v) is 6.19. The van der Waals surface area contributed by atoms with E-state index >= 15 is 0 Å². The van der Waals surface area contributed by atoms with E-state index in [0.717, 1.165) is 0 Å². The number of hydrogen-bond acceptors (Lipinski definition) is 4. The molecule has 96 valence electrons. The van der Waals surface area contributed by atoms with Crippen LogP contribution in [-0.2, 0) is 13.6 Å². The molecule has 2 fully saturated rings. The van der Waals surface area contributed by atoms with Crippen LogP contribution in [0, 0.1) is 5.92 Å². The van der Waals surface area contributed by atoms with Crippen LogP contribution in [0.3, 0.4) is 0 Å². The van der Waals surface area contributed by atoms with Gasteiger partial charge in [0.15, 0.2) is 0 Å². The lowest BCUT2D eigenvalue weighted by Gasteiger charge is -2.40. The summed E-state index contributed by atoms with van der Waals surface area (Å²) in [7, 11) is 0. The number of ether oxygens (including phenoxy) is 1. The molecule has 1 unspecified atom stereocenters. The van der Waals surface area contributed by atoms with Gasteiger partial charge in [-0.1, -0.05) is 30.3 Å². The summed E-state index contributed by atoms with van der Waals surface area (Å²) in [5.41, 5.74) is 1.34. The molecule has 2 nitrogen and oxygen atoms in total. The van der Waals surface area contributed by atoms with E-state index in [4.69, 9.17) is 4.74 Å². The van der Waals surface area contributed by atoms with E-state index < -0.39 is 0 Å². The minimum Gasteiger partial charge on any atom is -0.465 e. The summed E-state index contributed by atoms with van der Waals surface area (Å²) in [4.78, 5) is 11.4. The Morgan fingerprint density at radius 2 is 1.89 bits per heavy atom. The quantitative estimate of drug-likeness (QED) is 0.777. The Bertz CT molecular complexity index is 427. The molecular weight excluding hydrogens is 264 g/mol. The summed E-state index contributed by atoms with van der Waals surface area (Å²) in [5, 5.41) is 0. The molecule has 0 spiro atoms. The van der Waals surface area contributed by atoms with E-state index in [1.165, 1.54) is 23.5 Å². The first-order chi connectivity index (χ1) is 8.81. The van der Waals surface area contributed by atoms with E-state index in [0.29, 0.717) is 18.9 Å². The molecule has 0 radical (unpaired) electrons. The molecule has 3 rings (SSSR count). The van der Waals surface area contributed by atoms with Crippen LogP contribution >= 0.6 is 23.5 Å². The highest BCUT2D eigenvalue weighted by Gasteiger charge is 2.47. The standard InChI is InChI=1S/C14H16O2S2/c15-13-9-12(10-16-13)14(17-7-4-8-18-14)11-5-2-1-3-6-11/h1-3,5-6,12H,4,7-10H2. The zero-order valence-electron chi connectivity index (χ0n) is 10.1. The number of carbonyl (C=O) groups excluding carboxylic acids is 1. The lowest BCUT2D eigenvalue weighted by molar-refractivity contribution is -0.137. The van der Waals surface area contributed by atoms with Gasteiger partial charge in [0.25, 0.3) is 0 Å². The first-order valence-electron chi connectivity index (χ1n) is 6.30. The lowest BCUT2D eigenvalue weighted by atomic mass is 9.97. The largest absolute Gasteiger partial charge is 0.465 e. The van der Waals surface area contributed by atoms with Crippen molar-refractivity contribution in [3.8, 4) is 0 Å². The second-order valence-electron chi connectivity index (χ2n) is 4.67. The van der Waals surface area contributed by atoms with E-state index in [1.54, 1.807) is 0 Å². The van der Waals surface area contributed by atoms with Gasteiger partial charge in [0.2, 0.25) is 0 Å². The van der Waals surface area contributed by atoms with Crippen LogP contribution in [0.4, 0.5) is 0 Å². The first kappa shape index (κ1) is 12.4. The number of carbonyl (C=O) groups is 1. The molecule has 0 amide bonds. The van der Waals surface area contributed by atoms with Gasteiger partial charge in [-0.3, -0.25) is 4.79 Å². The maximum absolute atomic E-state index is 11.4. The zero-order chi connectivity index (χ0) is 12.4. The molecule has 2 heterocycles. The number of esters is 1. The van der Waals surface area contributed by atoms with Crippen LogP contribution in [0.15, 0.2) is 30.3 Å². The van der Waals surface area contributed by atoms with Crippen LogP contribution in [0.1, 0.15) is 18.4 Å². The normalized spacial score (nSPS) is 26.9. The van der Waals surface area contributed by atoms with Crippen molar-refractivity contribution in [2.45, 2.75) is 16.9 Å². The summed E-state index contributed by atoms with van der Waals surface area (Å²) in [6.07, 6.45) is 1.82. The molecule has 0 aliphatic carbocycles. The molecule has 0 saturated carbocycles. The average Bonchev–Trinajstić information content (AvgIpc) is 2.88. The van der Waals surface area contributed by atoms with Crippen molar-refractivity contribution in [3.05, 3.63) is 35.9 Å². The van der Waals surface area contributed by atoms with Gasteiger partial charge in [0, 0.05) is 5.92 Å². The number of rotatable bonds is 2. The Morgan fingerprint density at radius 3 is 2.50 bits per heavy atom. The third-order valence-corrected chi connectivity index (χ3v) is 7.18. The van der Waals surface area contributed by atoms with E-state index in [9.17, 15) is 4.79 Å². The zero-order valence-corrected chi connectivity index (χ0v) is 11.8. The number of thioether (sulfide) groups is 2. The maximum Gasteiger partial charge on any atom is 0.306 e. The number of hydrogen-bond donors (Lipinski definition) is 0. The summed E-state index contributed by atoms with van der Waals surface area (Å²) in [6.45, 7) is 0.577. The predicted octanol–water partition coefficient (Wildman–Crippen LogP) is 3.27. The maximum atomic E-state index is 11.4. The van der Waals surface area contributed by atoms with Crippen LogP contribution in [0.5, 0.6) is 0 Å². The highest BCUT2D eigenvalue weighted by Crippen LogP contribution is 2.57. The van der Waals surface area contributed by atoms with Crippen molar-refractivity contribution in [2.24, 2.45) is 5.92 Å². The van der Waals surface area contributed by atoms with Gasteiger partial charge in [-0.15, -0.1) is 23.5 Å². The molecule has 0 aromatic heterocycles. The van der Waals surface area contributed by atoms with Gasteiger partial charge >= 0.3 is 5.97 Å². The summed E-state index contributed by atoms with van der Waals surface area (Å²) in [5.74, 6) is 2.61. The van der Waals surface area contributed by atoms with Crippen molar-refractivity contribution in [1.82, 2.24) is 0 Å². The molecule has 1 aromatic rings. The number of benzene rings is 1. The van der Waals surface area contributed by atoms with Crippen molar-refractivity contribution in [1.29, 1.82) is 0 Å². The van der Waals surface area contributed by atoms with Gasteiger partial charge in [0.1, 0.15) is 0 Å².